The topological polar surface area (TPSA) is 79.4 Å². The smallest absolute Gasteiger partial charge is 0.244 e. The van der Waals surface area contributed by atoms with E-state index in [1.165, 1.54) is 15.6 Å². The molecule has 1 amide bonds. The van der Waals surface area contributed by atoms with E-state index in [1.807, 2.05) is 31.2 Å². The van der Waals surface area contributed by atoms with Gasteiger partial charge in [-0.3, -0.25) is 4.79 Å². The van der Waals surface area contributed by atoms with E-state index in [0.29, 0.717) is 24.5 Å². The molecule has 1 unspecified atom stereocenters. The first kappa shape index (κ1) is 17.3. The Morgan fingerprint density at radius 1 is 1.38 bits per heavy atom. The van der Waals surface area contributed by atoms with Crippen molar-refractivity contribution in [3.05, 3.63) is 24.3 Å². The summed E-state index contributed by atoms with van der Waals surface area (Å²) in [7, 11) is -3.39. The highest BCUT2D eigenvalue weighted by molar-refractivity contribution is 7.89. The number of benzene rings is 1. The highest BCUT2D eigenvalue weighted by Crippen LogP contribution is 2.27. The fourth-order valence-corrected chi connectivity index (χ4v) is 5.60. The van der Waals surface area contributed by atoms with Crippen LogP contribution in [0, 0.1) is 0 Å². The largest absolute Gasteiger partial charge is 0.301 e. The van der Waals surface area contributed by atoms with Gasteiger partial charge in [-0.2, -0.15) is 4.31 Å². The van der Waals surface area contributed by atoms with Gasteiger partial charge in [-0.05, 0) is 31.4 Å². The molecule has 1 saturated heterocycles. The lowest BCUT2D eigenvalue weighted by Gasteiger charge is -2.33. The number of anilines is 1. The predicted molar refractivity (Wildman–Crippen MR) is 96.7 cm³/mol. The molecule has 3 rings (SSSR count). The minimum absolute atomic E-state index is 0.0813. The van der Waals surface area contributed by atoms with Crippen LogP contribution in [0.4, 0.5) is 5.13 Å². The first-order valence-electron chi connectivity index (χ1n) is 8.17. The van der Waals surface area contributed by atoms with Gasteiger partial charge in [0.25, 0.3) is 0 Å². The Balaban J connectivity index is 1.79. The summed E-state index contributed by atoms with van der Waals surface area (Å²) in [4.78, 5) is 17.0. The summed E-state index contributed by atoms with van der Waals surface area (Å²) in [6, 6.07) is 7.02. The van der Waals surface area contributed by atoms with Gasteiger partial charge in [0.2, 0.25) is 15.9 Å². The highest BCUT2D eigenvalue weighted by atomic mass is 32.2. The number of piperidine rings is 1. The third kappa shape index (κ3) is 3.60. The predicted octanol–water partition coefficient (Wildman–Crippen LogP) is 2.83. The Bertz CT molecular complexity index is 799. The maximum absolute atomic E-state index is 12.7. The second-order valence-corrected chi connectivity index (χ2v) is 8.99. The number of amides is 1. The number of sulfonamides is 1. The van der Waals surface area contributed by atoms with Crippen molar-refractivity contribution in [2.45, 2.75) is 38.6 Å². The van der Waals surface area contributed by atoms with Crippen molar-refractivity contribution in [3.8, 4) is 0 Å². The van der Waals surface area contributed by atoms with E-state index < -0.39 is 16.1 Å². The molecule has 2 aromatic rings. The average molecular weight is 367 g/mol. The van der Waals surface area contributed by atoms with Crippen LogP contribution >= 0.6 is 11.3 Å². The molecule has 6 nitrogen and oxygen atoms in total. The van der Waals surface area contributed by atoms with E-state index >= 15 is 0 Å². The standard InChI is InChI=1S/C16H21N3O3S2/c1-2-11-24(21,22)19-10-6-5-8-13(19)15(20)18-16-17-12-7-3-4-9-14(12)23-16/h3-4,7,9,13H,2,5-6,8,10-11H2,1H3,(H,17,18,20). The van der Waals surface area contributed by atoms with Gasteiger partial charge in [0, 0.05) is 6.54 Å². The zero-order valence-electron chi connectivity index (χ0n) is 13.6. The van der Waals surface area contributed by atoms with Crippen molar-refractivity contribution in [1.29, 1.82) is 0 Å². The van der Waals surface area contributed by atoms with Crippen LogP contribution in [0.15, 0.2) is 24.3 Å². The first-order chi connectivity index (χ1) is 11.5. The Labute approximate surface area is 145 Å². The summed E-state index contributed by atoms with van der Waals surface area (Å²) >= 11 is 1.40. The van der Waals surface area contributed by atoms with Gasteiger partial charge < -0.3 is 5.32 Å². The van der Waals surface area contributed by atoms with Gasteiger partial charge in [0.05, 0.1) is 16.0 Å². The second-order valence-electron chi connectivity index (χ2n) is 5.91. The quantitative estimate of drug-likeness (QED) is 0.881. The van der Waals surface area contributed by atoms with E-state index in [-0.39, 0.29) is 11.7 Å². The molecule has 0 spiro atoms. The molecular formula is C16H21N3O3S2. The molecule has 2 heterocycles. The van der Waals surface area contributed by atoms with Crippen molar-refractivity contribution >= 4 is 42.6 Å². The third-order valence-corrected chi connectivity index (χ3v) is 7.13. The number of aromatic nitrogens is 1. The molecule has 1 aliphatic heterocycles. The lowest BCUT2D eigenvalue weighted by atomic mass is 10.0. The number of nitrogens with zero attached hydrogens (tertiary/aromatic N) is 2. The van der Waals surface area contributed by atoms with Crippen LogP contribution < -0.4 is 5.32 Å². The van der Waals surface area contributed by atoms with Crippen LogP contribution in [-0.4, -0.2) is 42.0 Å². The molecule has 130 valence electrons. The molecule has 1 atom stereocenters. The Morgan fingerprint density at radius 3 is 2.92 bits per heavy atom. The fraction of sp³-hybridized carbons (Fsp3) is 0.500. The number of carbonyl (C=O) groups excluding carboxylic acids is 1. The number of hydrogen-bond donors (Lipinski definition) is 1. The van der Waals surface area contributed by atoms with E-state index in [9.17, 15) is 13.2 Å². The Morgan fingerprint density at radius 2 is 2.17 bits per heavy atom. The van der Waals surface area contributed by atoms with Crippen molar-refractivity contribution in [2.75, 3.05) is 17.6 Å². The van der Waals surface area contributed by atoms with Gasteiger partial charge in [-0.1, -0.05) is 36.8 Å². The normalized spacial score (nSPS) is 19.5. The summed E-state index contributed by atoms with van der Waals surface area (Å²) in [5.41, 5.74) is 0.830. The maximum Gasteiger partial charge on any atom is 0.244 e. The molecule has 0 saturated carbocycles. The van der Waals surface area contributed by atoms with Crippen molar-refractivity contribution < 1.29 is 13.2 Å². The molecule has 1 aromatic carbocycles. The van der Waals surface area contributed by atoms with Crippen LogP contribution in [0.5, 0.6) is 0 Å². The summed E-state index contributed by atoms with van der Waals surface area (Å²) < 4.78 is 27.2. The highest BCUT2D eigenvalue weighted by Gasteiger charge is 2.36. The monoisotopic (exact) mass is 367 g/mol. The molecule has 0 radical (unpaired) electrons. The van der Waals surface area contributed by atoms with Gasteiger partial charge >= 0.3 is 0 Å². The van der Waals surface area contributed by atoms with Crippen molar-refractivity contribution in [2.24, 2.45) is 0 Å². The number of carbonyl (C=O) groups is 1. The number of nitrogens with one attached hydrogen (secondary N) is 1. The Kier molecular flexibility index (Phi) is 5.17. The zero-order valence-corrected chi connectivity index (χ0v) is 15.2. The van der Waals surface area contributed by atoms with Crippen LogP contribution in [0.1, 0.15) is 32.6 Å². The number of thiazole rings is 1. The van der Waals surface area contributed by atoms with E-state index in [0.717, 1.165) is 23.1 Å². The summed E-state index contributed by atoms with van der Waals surface area (Å²) in [5.74, 6) is -0.203. The molecule has 24 heavy (non-hydrogen) atoms. The molecule has 8 heteroatoms. The van der Waals surface area contributed by atoms with Crippen LogP contribution in [0.25, 0.3) is 10.2 Å². The molecule has 0 aliphatic carbocycles. The first-order valence-corrected chi connectivity index (χ1v) is 10.6. The third-order valence-electron chi connectivity index (χ3n) is 4.10. The minimum atomic E-state index is -3.39. The molecule has 1 aromatic heterocycles. The van der Waals surface area contributed by atoms with Crippen LogP contribution in [0.3, 0.4) is 0 Å². The van der Waals surface area contributed by atoms with E-state index in [4.69, 9.17) is 0 Å². The number of para-hydroxylation sites is 1. The second kappa shape index (κ2) is 7.16. The zero-order chi connectivity index (χ0) is 17.2. The van der Waals surface area contributed by atoms with Gasteiger partial charge in [0.15, 0.2) is 5.13 Å². The summed E-state index contributed by atoms with van der Waals surface area (Å²) in [6.07, 6.45) is 2.76. The van der Waals surface area contributed by atoms with Gasteiger partial charge in [0.1, 0.15) is 6.04 Å². The SMILES string of the molecule is CCCS(=O)(=O)N1CCCCC1C(=O)Nc1nc2ccccc2s1. The molecular weight excluding hydrogens is 346 g/mol. The van der Waals surface area contributed by atoms with Gasteiger partial charge in [-0.15, -0.1) is 0 Å². The van der Waals surface area contributed by atoms with E-state index in [1.54, 1.807) is 0 Å². The van der Waals surface area contributed by atoms with Gasteiger partial charge in [-0.25, -0.2) is 13.4 Å². The number of fused-ring (bicyclic) bond motifs is 1. The fourth-order valence-electron chi connectivity index (χ4n) is 2.99. The van der Waals surface area contributed by atoms with Crippen LogP contribution in [0.2, 0.25) is 0 Å². The van der Waals surface area contributed by atoms with E-state index in [2.05, 4.69) is 10.3 Å². The summed E-state index contributed by atoms with van der Waals surface area (Å²) in [5, 5.41) is 3.32. The summed E-state index contributed by atoms with van der Waals surface area (Å²) in [6.45, 7) is 2.25. The number of hydrogen-bond acceptors (Lipinski definition) is 5. The molecule has 1 aliphatic rings. The van der Waals surface area contributed by atoms with Crippen molar-refractivity contribution in [1.82, 2.24) is 9.29 Å². The average Bonchev–Trinajstić information content (AvgIpc) is 2.97. The number of rotatable bonds is 5. The molecule has 1 fully saturated rings. The lowest BCUT2D eigenvalue weighted by molar-refractivity contribution is -0.120. The minimum Gasteiger partial charge on any atom is -0.301 e. The Hall–Kier alpha value is -1.51. The molecule has 1 N–H and O–H groups in total. The lowest BCUT2D eigenvalue weighted by Crippen LogP contribution is -2.50. The maximum atomic E-state index is 12.7. The van der Waals surface area contributed by atoms with Crippen LogP contribution in [-0.2, 0) is 14.8 Å². The van der Waals surface area contributed by atoms with Crippen molar-refractivity contribution in [3.63, 3.8) is 0 Å². The molecule has 0 bridgehead atoms.